The van der Waals surface area contributed by atoms with Crippen LogP contribution in [0.3, 0.4) is 0 Å². The van der Waals surface area contributed by atoms with Gasteiger partial charge in [0.2, 0.25) is 0 Å². The van der Waals surface area contributed by atoms with Crippen LogP contribution in [0.5, 0.6) is 0 Å². The second kappa shape index (κ2) is 21.4. The quantitative estimate of drug-likeness (QED) is 0.0435. The van der Waals surface area contributed by atoms with Crippen molar-refractivity contribution in [3.63, 3.8) is 0 Å². The smallest absolute Gasteiger partial charge is 0.338 e. The lowest BCUT2D eigenvalue weighted by Gasteiger charge is -2.26. The van der Waals surface area contributed by atoms with E-state index in [1.54, 1.807) is 12.1 Å². The zero-order chi connectivity index (χ0) is 49.7. The number of unbranched alkanes of at least 4 members (excludes halogenated alkanes) is 7. The molecule has 6 aromatic rings. The lowest BCUT2D eigenvalue weighted by atomic mass is 10.0. The first-order chi connectivity index (χ1) is 35.0. The van der Waals surface area contributed by atoms with E-state index in [1.807, 2.05) is 143 Å². The molecule has 0 radical (unpaired) electrons. The van der Waals surface area contributed by atoms with Crippen LogP contribution in [-0.4, -0.2) is 88.5 Å². The molecule has 0 aromatic heterocycles. The molecule has 72 heavy (non-hydrogen) atoms. The first kappa shape index (κ1) is 48.7. The lowest BCUT2D eigenvalue weighted by molar-refractivity contribution is 0.0487. The Morgan fingerprint density at radius 2 is 0.778 bits per heavy atom. The highest BCUT2D eigenvalue weighted by atomic mass is 32.2. The van der Waals surface area contributed by atoms with E-state index in [0.717, 1.165) is 119 Å². The van der Waals surface area contributed by atoms with Crippen molar-refractivity contribution in [2.75, 3.05) is 46.2 Å². The van der Waals surface area contributed by atoms with Gasteiger partial charge in [-0.3, -0.25) is 10.0 Å². The second-order valence-corrected chi connectivity index (χ2v) is 23.5. The molecule has 0 amide bonds. The van der Waals surface area contributed by atoms with Gasteiger partial charge in [0.05, 0.1) is 82.2 Å². The zero-order valence-corrected chi connectivity index (χ0v) is 41.8. The first-order valence-corrected chi connectivity index (χ1v) is 28.8. The Balaban J connectivity index is 0.662. The van der Waals surface area contributed by atoms with Gasteiger partial charge in [-0.25, -0.2) is 26.4 Å². The molecule has 0 spiro atoms. The molecular weight excluding hydrogens is 945 g/mol. The van der Waals surface area contributed by atoms with E-state index < -0.39 is 19.7 Å². The van der Waals surface area contributed by atoms with Crippen molar-refractivity contribution in [1.29, 1.82) is 0 Å². The maximum absolute atomic E-state index is 13.3. The van der Waals surface area contributed by atoms with Gasteiger partial charge in [-0.2, -0.15) is 10.2 Å². The van der Waals surface area contributed by atoms with Gasteiger partial charge < -0.3 is 9.47 Å². The molecule has 10 rings (SSSR count). The third-order valence-corrected chi connectivity index (χ3v) is 17.5. The van der Waals surface area contributed by atoms with Gasteiger partial charge in [0.15, 0.2) is 19.7 Å². The van der Waals surface area contributed by atoms with Crippen LogP contribution in [0.1, 0.15) is 107 Å². The molecular formula is C58H58N4O8S2. The number of esters is 2. The number of hydrogen-bond donors (Lipinski definition) is 0. The third kappa shape index (κ3) is 10.8. The molecule has 2 heterocycles. The molecule has 12 nitrogen and oxygen atoms in total. The molecule has 2 aliphatic carbocycles. The van der Waals surface area contributed by atoms with Crippen molar-refractivity contribution < 1.29 is 35.9 Å². The summed E-state index contributed by atoms with van der Waals surface area (Å²) >= 11 is 0. The van der Waals surface area contributed by atoms with E-state index in [4.69, 9.17) is 19.7 Å². The van der Waals surface area contributed by atoms with Gasteiger partial charge >= 0.3 is 11.9 Å². The number of fused-ring (bicyclic) bond motifs is 6. The van der Waals surface area contributed by atoms with Crippen LogP contribution in [0.2, 0.25) is 0 Å². The molecule has 2 saturated heterocycles. The van der Waals surface area contributed by atoms with Crippen molar-refractivity contribution in [2.24, 2.45) is 10.2 Å². The zero-order valence-electron chi connectivity index (χ0n) is 40.2. The SMILES string of the molecule is O=C(OCCCCCCCCCCOC(=O)c1ccc2c(c1)-c1ccccc1C2=NN(c1ccccc1)C1CCS(=O)(=O)C1)c1ccc2c(c1)-c1ccccc1C2=NN(c1ccccc1)C1CCS(=O)(=O)C1. The molecule has 4 aliphatic rings. The number of hydrazone groups is 2. The van der Waals surface area contributed by atoms with Crippen molar-refractivity contribution in [2.45, 2.75) is 76.3 Å². The van der Waals surface area contributed by atoms with Crippen LogP contribution in [0.15, 0.2) is 156 Å². The number of carbonyl (C=O) groups excluding carboxylic acids is 2. The fraction of sp³-hybridized carbons (Fsp3) is 0.310. The number of benzene rings is 6. The molecule has 0 bridgehead atoms. The summed E-state index contributed by atoms with van der Waals surface area (Å²) < 4.78 is 61.6. The highest BCUT2D eigenvalue weighted by Gasteiger charge is 2.36. The number of hydrogen-bond acceptors (Lipinski definition) is 12. The topological polar surface area (TPSA) is 152 Å². The summed E-state index contributed by atoms with van der Waals surface area (Å²) in [5, 5.41) is 14.0. The minimum absolute atomic E-state index is 0.0475. The Morgan fingerprint density at radius 1 is 0.431 bits per heavy atom. The molecule has 0 N–H and O–H groups in total. The summed E-state index contributed by atoms with van der Waals surface area (Å²) in [7, 11) is -6.30. The molecule has 2 fully saturated rings. The van der Waals surface area contributed by atoms with Crippen LogP contribution < -0.4 is 10.0 Å². The van der Waals surface area contributed by atoms with E-state index in [9.17, 15) is 26.4 Å². The normalized spacial score (nSPS) is 18.8. The van der Waals surface area contributed by atoms with Crippen molar-refractivity contribution in [3.05, 3.63) is 179 Å². The molecule has 370 valence electrons. The highest BCUT2D eigenvalue weighted by Crippen LogP contribution is 2.41. The Bertz CT molecular complexity index is 3050. The van der Waals surface area contributed by atoms with Crippen LogP contribution in [0, 0.1) is 0 Å². The standard InChI is InChI=1S/C58H58N4O8S2/c63-57(41-27-29-51-53(37-41)47-23-13-15-25-49(47)55(51)59-61(43-19-9-7-10-20-43)45-31-35-71(65,66)39-45)69-33-17-5-3-1-2-4-6-18-34-70-58(64)42-28-30-52-54(38-42)48-24-14-16-26-50(48)56(52)60-62(44-21-11-8-12-22-44)46-32-36-72(67,68)40-46/h7-16,19-30,37-38,45-46H,1-6,17-18,31-36,39-40H2. The monoisotopic (exact) mass is 1000 g/mol. The van der Waals surface area contributed by atoms with Crippen LogP contribution >= 0.6 is 0 Å². The highest BCUT2D eigenvalue weighted by molar-refractivity contribution is 7.92. The average molecular weight is 1000 g/mol. The van der Waals surface area contributed by atoms with Gasteiger partial charge in [0.1, 0.15) is 0 Å². The summed E-state index contributed by atoms with van der Waals surface area (Å²) in [6, 6.07) is 45.9. The van der Waals surface area contributed by atoms with Gasteiger partial charge in [0.25, 0.3) is 0 Å². The van der Waals surface area contributed by atoms with E-state index in [0.29, 0.717) is 37.2 Å². The average Bonchev–Trinajstić information content (AvgIpc) is 4.14. The second-order valence-electron chi connectivity index (χ2n) is 19.1. The predicted octanol–water partition coefficient (Wildman–Crippen LogP) is 10.7. The third-order valence-electron chi connectivity index (χ3n) is 14.0. The van der Waals surface area contributed by atoms with Crippen LogP contribution in [0.4, 0.5) is 11.4 Å². The summed E-state index contributed by atoms with van der Waals surface area (Å²) in [6.07, 6.45) is 8.70. The Labute approximate surface area is 422 Å². The first-order valence-electron chi connectivity index (χ1n) is 25.1. The molecule has 2 aliphatic heterocycles. The lowest BCUT2D eigenvalue weighted by Crippen LogP contribution is -2.33. The molecule has 0 saturated carbocycles. The number of para-hydroxylation sites is 2. The molecule has 2 atom stereocenters. The Morgan fingerprint density at radius 3 is 1.15 bits per heavy atom. The van der Waals surface area contributed by atoms with Gasteiger partial charge in [-0.05, 0) is 96.5 Å². The summed E-state index contributed by atoms with van der Waals surface area (Å²) in [5.74, 6) is -0.354. The number of sulfone groups is 2. The van der Waals surface area contributed by atoms with Gasteiger partial charge in [0, 0.05) is 22.3 Å². The van der Waals surface area contributed by atoms with E-state index in [1.165, 1.54) is 0 Å². The van der Waals surface area contributed by atoms with Gasteiger partial charge in [-0.15, -0.1) is 0 Å². The fourth-order valence-electron chi connectivity index (χ4n) is 10.3. The summed E-state index contributed by atoms with van der Waals surface area (Å²) in [4.78, 5) is 26.6. The Kier molecular flexibility index (Phi) is 14.5. The maximum atomic E-state index is 13.3. The molecule has 2 unspecified atom stereocenters. The number of ether oxygens (including phenoxy) is 2. The number of anilines is 2. The van der Waals surface area contributed by atoms with Crippen LogP contribution in [-0.2, 0) is 29.1 Å². The van der Waals surface area contributed by atoms with Crippen molar-refractivity contribution in [3.8, 4) is 22.3 Å². The van der Waals surface area contributed by atoms with Gasteiger partial charge in [-0.1, -0.05) is 136 Å². The summed E-state index contributed by atoms with van der Waals surface area (Å²) in [6.45, 7) is 0.682. The Hall–Kier alpha value is -6.90. The van der Waals surface area contributed by atoms with E-state index in [2.05, 4.69) is 0 Å². The fourth-order valence-corrected chi connectivity index (χ4v) is 13.7. The van der Waals surface area contributed by atoms with Crippen molar-refractivity contribution in [1.82, 2.24) is 0 Å². The summed E-state index contributed by atoms with van der Waals surface area (Å²) in [5.41, 5.74) is 11.4. The van der Waals surface area contributed by atoms with E-state index in [-0.39, 0.29) is 47.0 Å². The van der Waals surface area contributed by atoms with E-state index >= 15 is 0 Å². The maximum Gasteiger partial charge on any atom is 0.338 e. The number of carbonyl (C=O) groups is 2. The molecule has 14 heteroatoms. The minimum atomic E-state index is -3.15. The van der Waals surface area contributed by atoms with Crippen molar-refractivity contribution >= 4 is 54.4 Å². The van der Waals surface area contributed by atoms with Crippen LogP contribution in [0.25, 0.3) is 22.3 Å². The minimum Gasteiger partial charge on any atom is -0.462 e. The predicted molar refractivity (Wildman–Crippen MR) is 284 cm³/mol. The number of nitrogens with zero attached hydrogens (tertiary/aromatic N) is 4. The number of rotatable bonds is 19. The molecule has 6 aromatic carbocycles. The largest absolute Gasteiger partial charge is 0.462 e.